The standard InChI is InChI=1S/C20H19F4NO4/c1-10(2)25-18(26)14-6-4-12(8-16(14)21)15-9-13(20(22,23)24)5-7-17(15)29-11(3)19(27)28/h4-11H,1-3H3,(H,25,26)(H,27,28)/t11-/m0/s1. The third-order valence-electron chi connectivity index (χ3n) is 3.90. The number of alkyl halides is 3. The molecule has 1 atom stereocenters. The number of nitrogens with one attached hydrogen (secondary N) is 1. The van der Waals surface area contributed by atoms with E-state index in [4.69, 9.17) is 9.84 Å². The van der Waals surface area contributed by atoms with E-state index in [2.05, 4.69) is 5.32 Å². The average Bonchev–Trinajstić information content (AvgIpc) is 2.60. The lowest BCUT2D eigenvalue weighted by atomic mass is 9.99. The molecule has 0 aliphatic rings. The number of aliphatic carboxylic acids is 1. The number of amides is 1. The Morgan fingerprint density at radius 1 is 1.07 bits per heavy atom. The number of hydrogen-bond donors (Lipinski definition) is 2. The van der Waals surface area contributed by atoms with Crippen molar-refractivity contribution in [3.8, 4) is 16.9 Å². The van der Waals surface area contributed by atoms with Crippen molar-refractivity contribution in [1.29, 1.82) is 0 Å². The molecule has 0 unspecified atom stereocenters. The summed E-state index contributed by atoms with van der Waals surface area (Å²) in [5, 5.41) is 11.5. The molecule has 0 fully saturated rings. The number of rotatable bonds is 6. The molecule has 156 valence electrons. The van der Waals surface area contributed by atoms with Crippen molar-refractivity contribution in [2.24, 2.45) is 0 Å². The van der Waals surface area contributed by atoms with Gasteiger partial charge in [0.15, 0.2) is 6.10 Å². The molecule has 1 amide bonds. The number of hydrogen-bond acceptors (Lipinski definition) is 3. The van der Waals surface area contributed by atoms with Gasteiger partial charge in [-0.25, -0.2) is 9.18 Å². The zero-order chi connectivity index (χ0) is 21.9. The van der Waals surface area contributed by atoms with Gasteiger partial charge in [0.2, 0.25) is 0 Å². The number of carbonyl (C=O) groups excluding carboxylic acids is 1. The van der Waals surface area contributed by atoms with Gasteiger partial charge in [-0.15, -0.1) is 0 Å². The smallest absolute Gasteiger partial charge is 0.416 e. The van der Waals surface area contributed by atoms with Gasteiger partial charge in [-0.05, 0) is 56.7 Å². The van der Waals surface area contributed by atoms with Crippen molar-refractivity contribution in [2.75, 3.05) is 0 Å². The summed E-state index contributed by atoms with van der Waals surface area (Å²) in [6.07, 6.45) is -6.01. The molecule has 9 heteroatoms. The maximum atomic E-state index is 14.5. The molecule has 2 aromatic rings. The third kappa shape index (κ3) is 5.46. The lowest BCUT2D eigenvalue weighted by Crippen LogP contribution is -2.30. The number of carboxylic acids is 1. The van der Waals surface area contributed by atoms with Crippen LogP contribution in [0.3, 0.4) is 0 Å². The van der Waals surface area contributed by atoms with Crippen LogP contribution in [0.25, 0.3) is 11.1 Å². The largest absolute Gasteiger partial charge is 0.479 e. The summed E-state index contributed by atoms with van der Waals surface area (Å²) in [4.78, 5) is 23.0. The van der Waals surface area contributed by atoms with Crippen LogP contribution in [-0.2, 0) is 11.0 Å². The Morgan fingerprint density at radius 3 is 2.24 bits per heavy atom. The van der Waals surface area contributed by atoms with Gasteiger partial charge >= 0.3 is 12.1 Å². The molecule has 0 spiro atoms. The second-order valence-corrected chi connectivity index (χ2v) is 6.63. The van der Waals surface area contributed by atoms with Gasteiger partial charge < -0.3 is 15.2 Å². The van der Waals surface area contributed by atoms with Crippen molar-refractivity contribution in [1.82, 2.24) is 5.32 Å². The maximum absolute atomic E-state index is 14.5. The number of halogens is 4. The Balaban J connectivity index is 2.54. The summed E-state index contributed by atoms with van der Waals surface area (Å²) in [5.74, 6) is -3.08. The van der Waals surface area contributed by atoms with Gasteiger partial charge in [0.25, 0.3) is 5.91 Å². The van der Waals surface area contributed by atoms with Crippen molar-refractivity contribution < 1.29 is 37.0 Å². The highest BCUT2D eigenvalue weighted by Crippen LogP contribution is 2.38. The van der Waals surface area contributed by atoms with Gasteiger partial charge in [0.1, 0.15) is 11.6 Å². The summed E-state index contributed by atoms with van der Waals surface area (Å²) < 4.78 is 59.1. The molecule has 0 aliphatic heterocycles. The molecule has 2 N–H and O–H groups in total. The van der Waals surface area contributed by atoms with Crippen LogP contribution in [0.15, 0.2) is 36.4 Å². The fourth-order valence-corrected chi connectivity index (χ4v) is 2.48. The van der Waals surface area contributed by atoms with Crippen molar-refractivity contribution in [2.45, 2.75) is 39.1 Å². The molecule has 0 saturated heterocycles. The fourth-order valence-electron chi connectivity index (χ4n) is 2.48. The first kappa shape index (κ1) is 22.2. The topological polar surface area (TPSA) is 75.6 Å². The van der Waals surface area contributed by atoms with Crippen LogP contribution in [0, 0.1) is 5.82 Å². The first-order valence-corrected chi connectivity index (χ1v) is 8.61. The molecule has 29 heavy (non-hydrogen) atoms. The summed E-state index contributed by atoms with van der Waals surface area (Å²) >= 11 is 0. The minimum absolute atomic E-state index is 0.00212. The highest BCUT2D eigenvalue weighted by atomic mass is 19.4. The first-order valence-electron chi connectivity index (χ1n) is 8.61. The Hall–Kier alpha value is -3.10. The average molecular weight is 413 g/mol. The Labute approximate surface area is 164 Å². The van der Waals surface area contributed by atoms with Crippen LogP contribution in [0.2, 0.25) is 0 Å². The molecule has 0 radical (unpaired) electrons. The van der Waals surface area contributed by atoms with Crippen LogP contribution in [-0.4, -0.2) is 29.1 Å². The zero-order valence-corrected chi connectivity index (χ0v) is 15.8. The molecule has 0 bridgehead atoms. The predicted molar refractivity (Wildman–Crippen MR) is 97.2 cm³/mol. The molecule has 0 aliphatic carbocycles. The summed E-state index contributed by atoms with van der Waals surface area (Å²) in [6.45, 7) is 4.60. The normalized spacial score (nSPS) is 12.6. The highest BCUT2D eigenvalue weighted by Gasteiger charge is 2.32. The molecular weight excluding hydrogens is 394 g/mol. The Bertz CT molecular complexity index is 925. The van der Waals surface area contributed by atoms with Gasteiger partial charge in [0, 0.05) is 11.6 Å². The Morgan fingerprint density at radius 2 is 1.72 bits per heavy atom. The minimum atomic E-state index is -4.67. The fraction of sp³-hybridized carbons (Fsp3) is 0.300. The van der Waals surface area contributed by atoms with Crippen molar-refractivity contribution >= 4 is 11.9 Å². The third-order valence-corrected chi connectivity index (χ3v) is 3.90. The summed E-state index contributed by atoms with van der Waals surface area (Å²) in [5.41, 5.74) is -1.43. The van der Waals surface area contributed by atoms with E-state index in [0.717, 1.165) is 30.3 Å². The summed E-state index contributed by atoms with van der Waals surface area (Å²) in [7, 11) is 0. The van der Waals surface area contributed by atoms with E-state index in [9.17, 15) is 27.2 Å². The molecule has 0 aromatic heterocycles. The van der Waals surface area contributed by atoms with E-state index in [0.29, 0.717) is 0 Å². The zero-order valence-electron chi connectivity index (χ0n) is 15.8. The first-order chi connectivity index (χ1) is 13.4. The molecule has 5 nitrogen and oxygen atoms in total. The van der Waals surface area contributed by atoms with E-state index in [1.165, 1.54) is 13.0 Å². The van der Waals surface area contributed by atoms with E-state index in [1.807, 2.05) is 0 Å². The lowest BCUT2D eigenvalue weighted by molar-refractivity contribution is -0.144. The second-order valence-electron chi connectivity index (χ2n) is 6.63. The number of carboxylic acid groups (broad SMARTS) is 1. The second kappa shape index (κ2) is 8.50. The predicted octanol–water partition coefficient (Wildman–Crippen LogP) is 4.50. The number of ether oxygens (including phenoxy) is 1. The molecular formula is C20H19F4NO4. The van der Waals surface area contributed by atoms with Crippen molar-refractivity contribution in [3.05, 3.63) is 53.3 Å². The van der Waals surface area contributed by atoms with Crippen LogP contribution in [0.1, 0.15) is 36.7 Å². The van der Waals surface area contributed by atoms with Crippen molar-refractivity contribution in [3.63, 3.8) is 0 Å². The number of carbonyl (C=O) groups is 2. The Kier molecular flexibility index (Phi) is 6.51. The van der Waals surface area contributed by atoms with Gasteiger partial charge in [-0.3, -0.25) is 4.79 Å². The molecule has 2 rings (SSSR count). The summed E-state index contributed by atoms with van der Waals surface area (Å²) in [6, 6.07) is 5.56. The van der Waals surface area contributed by atoms with Crippen LogP contribution < -0.4 is 10.1 Å². The van der Waals surface area contributed by atoms with Gasteiger partial charge in [-0.2, -0.15) is 13.2 Å². The van der Waals surface area contributed by atoms with Crippen LogP contribution in [0.4, 0.5) is 17.6 Å². The maximum Gasteiger partial charge on any atom is 0.416 e. The lowest BCUT2D eigenvalue weighted by Gasteiger charge is -2.17. The van der Waals surface area contributed by atoms with E-state index in [-0.39, 0.29) is 28.5 Å². The molecule has 2 aromatic carbocycles. The molecule has 0 saturated carbocycles. The molecule has 0 heterocycles. The van der Waals surface area contributed by atoms with Gasteiger partial charge in [0.05, 0.1) is 11.1 Å². The van der Waals surface area contributed by atoms with Crippen LogP contribution in [0.5, 0.6) is 5.75 Å². The van der Waals surface area contributed by atoms with Gasteiger partial charge in [-0.1, -0.05) is 6.07 Å². The van der Waals surface area contributed by atoms with E-state index < -0.39 is 35.5 Å². The monoisotopic (exact) mass is 413 g/mol. The number of benzene rings is 2. The van der Waals surface area contributed by atoms with E-state index in [1.54, 1.807) is 13.8 Å². The SMILES string of the molecule is CC(C)NC(=O)c1ccc(-c2cc(C(F)(F)F)ccc2O[C@@H](C)C(=O)O)cc1F. The highest BCUT2D eigenvalue weighted by molar-refractivity contribution is 5.95. The quantitative estimate of drug-likeness (QED) is 0.684. The van der Waals surface area contributed by atoms with E-state index >= 15 is 0 Å². The van der Waals surface area contributed by atoms with Crippen LogP contribution >= 0.6 is 0 Å². The minimum Gasteiger partial charge on any atom is -0.479 e.